The third-order valence-electron chi connectivity index (χ3n) is 6.76. The number of hydrogen-bond donors (Lipinski definition) is 0. The molecule has 0 radical (unpaired) electrons. The summed E-state index contributed by atoms with van der Waals surface area (Å²) in [4.78, 5) is 52.1. The first-order valence-electron chi connectivity index (χ1n) is 14.0. The topological polar surface area (TPSA) is 105 Å². The van der Waals surface area contributed by atoms with E-state index in [0.29, 0.717) is 0 Å². The van der Waals surface area contributed by atoms with Crippen LogP contribution in [0.15, 0.2) is 48.5 Å². The van der Waals surface area contributed by atoms with Gasteiger partial charge in [0, 0.05) is 0 Å². The monoisotopic (exact) mass is 554 g/mol. The molecule has 8 heteroatoms. The summed E-state index contributed by atoms with van der Waals surface area (Å²) in [6.07, 6.45) is 0.106. The van der Waals surface area contributed by atoms with Gasteiger partial charge in [-0.15, -0.1) is 0 Å². The Morgan fingerprint density at radius 1 is 0.500 bits per heavy atom. The molecule has 0 aliphatic heterocycles. The number of rotatable bonds is 15. The van der Waals surface area contributed by atoms with Crippen LogP contribution in [0, 0.1) is 25.7 Å². The van der Waals surface area contributed by atoms with E-state index in [2.05, 4.69) is 0 Å². The van der Waals surface area contributed by atoms with E-state index in [1.165, 1.54) is 0 Å². The van der Waals surface area contributed by atoms with Crippen molar-refractivity contribution < 1.29 is 38.1 Å². The lowest BCUT2D eigenvalue weighted by Gasteiger charge is -2.32. The first-order valence-corrected chi connectivity index (χ1v) is 14.0. The normalized spacial score (nSPS) is 12.5. The lowest BCUT2D eigenvalue weighted by atomic mass is 9.72. The first kappa shape index (κ1) is 32.5. The molecule has 0 N–H and O–H groups in total. The number of carbonyl (C=O) groups is 4. The van der Waals surface area contributed by atoms with E-state index >= 15 is 0 Å². The molecule has 0 saturated heterocycles. The van der Waals surface area contributed by atoms with Gasteiger partial charge in [0.15, 0.2) is 11.8 Å². The van der Waals surface area contributed by atoms with Gasteiger partial charge in [0.2, 0.25) is 0 Å². The summed E-state index contributed by atoms with van der Waals surface area (Å²) in [6, 6.07) is 15.6. The molecule has 218 valence electrons. The summed E-state index contributed by atoms with van der Waals surface area (Å²) in [5.41, 5.74) is 3.78. The highest BCUT2D eigenvalue weighted by atomic mass is 16.6. The van der Waals surface area contributed by atoms with Crippen LogP contribution in [0.25, 0.3) is 0 Å². The molecule has 40 heavy (non-hydrogen) atoms. The fourth-order valence-electron chi connectivity index (χ4n) is 4.75. The second kappa shape index (κ2) is 16.4. The van der Waals surface area contributed by atoms with E-state index in [1.54, 1.807) is 27.7 Å². The van der Waals surface area contributed by atoms with Crippen molar-refractivity contribution in [3.8, 4) is 0 Å². The molecule has 0 unspecified atom stereocenters. The van der Waals surface area contributed by atoms with Crippen molar-refractivity contribution in [3.63, 3.8) is 0 Å². The average Bonchev–Trinajstić information content (AvgIpc) is 2.92. The lowest BCUT2D eigenvalue weighted by Crippen LogP contribution is -2.34. The summed E-state index contributed by atoms with van der Waals surface area (Å²) in [7, 11) is 0. The Morgan fingerprint density at radius 2 is 0.750 bits per heavy atom. The third kappa shape index (κ3) is 9.21. The maximum atomic E-state index is 13.0. The maximum absolute atomic E-state index is 13.0. The highest BCUT2D eigenvalue weighted by Gasteiger charge is 2.40. The molecular formula is C32H42O8. The van der Waals surface area contributed by atoms with E-state index in [1.807, 2.05) is 62.4 Å². The Labute approximate surface area is 237 Å². The van der Waals surface area contributed by atoms with E-state index in [9.17, 15) is 19.2 Å². The summed E-state index contributed by atoms with van der Waals surface area (Å²) >= 11 is 0. The van der Waals surface area contributed by atoms with Gasteiger partial charge < -0.3 is 18.9 Å². The van der Waals surface area contributed by atoms with Crippen molar-refractivity contribution in [2.45, 2.75) is 66.2 Å². The smallest absolute Gasteiger partial charge is 0.320 e. The van der Waals surface area contributed by atoms with Crippen LogP contribution >= 0.6 is 0 Å². The zero-order chi connectivity index (χ0) is 29.7. The minimum atomic E-state index is -1.19. The first-order chi connectivity index (χ1) is 19.2. The minimum Gasteiger partial charge on any atom is -0.465 e. The number of benzene rings is 2. The number of hydrogen-bond acceptors (Lipinski definition) is 8. The molecule has 0 amide bonds. The second-order valence-electron chi connectivity index (χ2n) is 9.62. The molecular weight excluding hydrogens is 512 g/mol. The van der Waals surface area contributed by atoms with Gasteiger partial charge in [0.25, 0.3) is 0 Å². The van der Waals surface area contributed by atoms with Gasteiger partial charge in [-0.25, -0.2) is 0 Å². The van der Waals surface area contributed by atoms with Crippen molar-refractivity contribution >= 4 is 23.9 Å². The Morgan fingerprint density at radius 3 is 0.975 bits per heavy atom. The average molecular weight is 555 g/mol. The van der Waals surface area contributed by atoms with E-state index < -0.39 is 47.5 Å². The van der Waals surface area contributed by atoms with Gasteiger partial charge >= 0.3 is 23.9 Å². The van der Waals surface area contributed by atoms with Crippen molar-refractivity contribution in [2.75, 3.05) is 26.4 Å². The highest BCUT2D eigenvalue weighted by Crippen LogP contribution is 2.43. The van der Waals surface area contributed by atoms with Crippen molar-refractivity contribution in [3.05, 3.63) is 70.8 Å². The summed E-state index contributed by atoms with van der Waals surface area (Å²) in [5.74, 6) is -6.00. The van der Waals surface area contributed by atoms with Crippen LogP contribution < -0.4 is 0 Å². The van der Waals surface area contributed by atoms with Crippen LogP contribution in [0.1, 0.15) is 74.6 Å². The Balaban J connectivity index is 2.71. The van der Waals surface area contributed by atoms with Gasteiger partial charge in [-0.3, -0.25) is 19.2 Å². The lowest BCUT2D eigenvalue weighted by molar-refractivity contribution is -0.164. The van der Waals surface area contributed by atoms with Crippen LogP contribution in [0.4, 0.5) is 0 Å². The highest BCUT2D eigenvalue weighted by molar-refractivity contribution is 5.95. The molecule has 0 aliphatic rings. The summed E-state index contributed by atoms with van der Waals surface area (Å²) < 4.78 is 21.0. The Hall–Kier alpha value is -3.68. The fraction of sp³-hybridized carbons (Fsp3) is 0.500. The molecule has 2 atom stereocenters. The number of carbonyl (C=O) groups excluding carboxylic acids is 4. The number of aryl methyl sites for hydroxylation is 2. The molecule has 0 fully saturated rings. The predicted molar refractivity (Wildman–Crippen MR) is 151 cm³/mol. The minimum absolute atomic E-state index is 0.0532. The van der Waals surface area contributed by atoms with Gasteiger partial charge in [-0.1, -0.05) is 59.7 Å². The SMILES string of the molecule is CCOC(=O)C(C[C@@H](c1ccc(C)cc1)[C@@H](CC(C(=O)OCC)C(=O)OCC)c1ccc(C)cc1)C(=O)OCC. The molecule has 2 aromatic rings. The molecule has 0 heterocycles. The van der Waals surface area contributed by atoms with Crippen LogP contribution in [0.2, 0.25) is 0 Å². The van der Waals surface area contributed by atoms with Gasteiger partial charge in [0.05, 0.1) is 26.4 Å². The van der Waals surface area contributed by atoms with Crippen LogP contribution in [-0.4, -0.2) is 50.3 Å². The number of esters is 4. The number of ether oxygens (including phenoxy) is 4. The molecule has 8 nitrogen and oxygen atoms in total. The zero-order valence-electron chi connectivity index (χ0n) is 24.4. The molecule has 2 aromatic carbocycles. The quantitative estimate of drug-likeness (QED) is 0.163. The van der Waals surface area contributed by atoms with E-state index in [4.69, 9.17) is 18.9 Å². The third-order valence-corrected chi connectivity index (χ3v) is 6.76. The molecule has 0 bridgehead atoms. The van der Waals surface area contributed by atoms with Gasteiger partial charge in [0.1, 0.15) is 0 Å². The van der Waals surface area contributed by atoms with Gasteiger partial charge in [-0.05, 0) is 77.3 Å². The van der Waals surface area contributed by atoms with Gasteiger partial charge in [-0.2, -0.15) is 0 Å². The van der Waals surface area contributed by atoms with Crippen molar-refractivity contribution in [1.82, 2.24) is 0 Å². The largest absolute Gasteiger partial charge is 0.465 e. The predicted octanol–water partition coefficient (Wildman–Crippen LogP) is 5.44. The van der Waals surface area contributed by atoms with Crippen LogP contribution in [-0.2, 0) is 38.1 Å². The molecule has 0 spiro atoms. The Kier molecular flexibility index (Phi) is 13.4. The second-order valence-corrected chi connectivity index (χ2v) is 9.62. The van der Waals surface area contributed by atoms with E-state index in [-0.39, 0.29) is 39.3 Å². The van der Waals surface area contributed by atoms with Crippen molar-refractivity contribution in [1.29, 1.82) is 0 Å². The zero-order valence-corrected chi connectivity index (χ0v) is 24.4. The molecule has 0 saturated carbocycles. The maximum Gasteiger partial charge on any atom is 0.320 e. The fourth-order valence-corrected chi connectivity index (χ4v) is 4.75. The van der Waals surface area contributed by atoms with Crippen LogP contribution in [0.5, 0.6) is 0 Å². The Bertz CT molecular complexity index is 981. The molecule has 0 aromatic heterocycles. The standard InChI is InChI=1S/C32H42O8/c1-7-37-29(33)27(30(34)38-8-2)19-25(23-15-11-21(5)12-16-23)26(24-17-13-22(6)14-18-24)20-28(31(35)39-9-3)32(36)40-10-4/h11-18,25-28H,7-10,19-20H2,1-6H3/t25-,26-/m0/s1. The summed E-state index contributed by atoms with van der Waals surface area (Å²) in [5, 5.41) is 0. The van der Waals surface area contributed by atoms with Crippen LogP contribution in [0.3, 0.4) is 0 Å². The molecule has 0 aliphatic carbocycles. The van der Waals surface area contributed by atoms with Crippen molar-refractivity contribution in [2.24, 2.45) is 11.8 Å². The summed E-state index contributed by atoms with van der Waals surface area (Å²) in [6.45, 7) is 11.1. The molecule has 2 rings (SSSR count). The van der Waals surface area contributed by atoms with E-state index in [0.717, 1.165) is 22.3 Å².